The van der Waals surface area contributed by atoms with Gasteiger partial charge in [0.25, 0.3) is 0 Å². The van der Waals surface area contributed by atoms with E-state index in [0.29, 0.717) is 5.92 Å². The lowest BCUT2D eigenvalue weighted by molar-refractivity contribution is 0.499. The minimum absolute atomic E-state index is 0.356. The maximum Gasteiger partial charge on any atom is 0.0981 e. The third-order valence-corrected chi connectivity index (χ3v) is 1.43. The fourth-order valence-electron chi connectivity index (χ4n) is 0.611. The van der Waals surface area contributed by atoms with Crippen molar-refractivity contribution in [1.82, 2.24) is 4.90 Å². The molecule has 2 nitrogen and oxygen atoms in total. The number of amidine groups is 1. The van der Waals surface area contributed by atoms with Crippen molar-refractivity contribution in [3.05, 3.63) is 0 Å². The van der Waals surface area contributed by atoms with E-state index in [1.807, 2.05) is 25.8 Å². The molecule has 0 unspecified atom stereocenters. The highest BCUT2D eigenvalue weighted by Gasteiger charge is 2.04. The van der Waals surface area contributed by atoms with Crippen LogP contribution in [0.15, 0.2) is 0 Å². The summed E-state index contributed by atoms with van der Waals surface area (Å²) >= 11 is 0. The van der Waals surface area contributed by atoms with E-state index in [2.05, 4.69) is 6.92 Å². The molecule has 54 valence electrons. The highest BCUT2D eigenvalue weighted by atomic mass is 15.1. The maximum atomic E-state index is 7.48. The van der Waals surface area contributed by atoms with Crippen molar-refractivity contribution in [2.45, 2.75) is 20.8 Å². The molecular formula is C7H16N2. The lowest BCUT2D eigenvalue weighted by Crippen LogP contribution is -2.29. The number of hydrogen-bond acceptors (Lipinski definition) is 1. The second kappa shape index (κ2) is 3.49. The Morgan fingerprint density at radius 1 is 1.56 bits per heavy atom. The average Bonchev–Trinajstić information content (AvgIpc) is 1.84. The molecule has 9 heavy (non-hydrogen) atoms. The second-order valence-corrected chi connectivity index (χ2v) is 2.55. The first-order chi connectivity index (χ1) is 4.09. The molecule has 0 rings (SSSR count). The summed E-state index contributed by atoms with van der Waals surface area (Å²) in [5, 5.41) is 7.48. The lowest BCUT2D eigenvalue weighted by atomic mass is 10.2. The van der Waals surface area contributed by atoms with Crippen molar-refractivity contribution >= 4 is 5.84 Å². The Bertz CT molecular complexity index is 97.1. The Kier molecular flexibility index (Phi) is 3.28. The van der Waals surface area contributed by atoms with E-state index in [1.54, 1.807) is 0 Å². The number of rotatable bonds is 2. The van der Waals surface area contributed by atoms with Gasteiger partial charge in [-0.2, -0.15) is 0 Å². The van der Waals surface area contributed by atoms with Crippen LogP contribution in [0.1, 0.15) is 20.8 Å². The predicted octanol–water partition coefficient (Wildman–Crippen LogP) is 1.57. The molecule has 0 atom stereocenters. The minimum atomic E-state index is 0.356. The van der Waals surface area contributed by atoms with Gasteiger partial charge in [0.1, 0.15) is 0 Å². The molecule has 0 fully saturated rings. The van der Waals surface area contributed by atoms with Gasteiger partial charge in [0.15, 0.2) is 0 Å². The second-order valence-electron chi connectivity index (χ2n) is 2.55. The van der Waals surface area contributed by atoms with Gasteiger partial charge in [-0.05, 0) is 6.92 Å². The fraction of sp³-hybridized carbons (Fsp3) is 0.857. The van der Waals surface area contributed by atoms with Crippen LogP contribution in [-0.4, -0.2) is 24.3 Å². The van der Waals surface area contributed by atoms with Crippen molar-refractivity contribution in [2.24, 2.45) is 5.92 Å². The molecule has 0 saturated heterocycles. The molecule has 0 aromatic rings. The maximum absolute atomic E-state index is 7.48. The van der Waals surface area contributed by atoms with E-state index in [-0.39, 0.29) is 0 Å². The predicted molar refractivity (Wildman–Crippen MR) is 40.9 cm³/mol. The van der Waals surface area contributed by atoms with Gasteiger partial charge in [-0.15, -0.1) is 0 Å². The average molecular weight is 128 g/mol. The molecule has 0 aromatic heterocycles. The molecule has 0 amide bonds. The molecule has 0 bridgehead atoms. The largest absolute Gasteiger partial charge is 0.364 e. The van der Waals surface area contributed by atoms with E-state index >= 15 is 0 Å². The standard InChI is InChI=1S/C7H16N2/c1-5-9(4)7(8)6(2)3/h6,8H,5H2,1-4H3. The Morgan fingerprint density at radius 2 is 2.00 bits per heavy atom. The molecular weight excluding hydrogens is 112 g/mol. The minimum Gasteiger partial charge on any atom is -0.364 e. The summed E-state index contributed by atoms with van der Waals surface area (Å²) in [5.74, 6) is 1.08. The molecule has 1 N–H and O–H groups in total. The van der Waals surface area contributed by atoms with Gasteiger partial charge in [-0.1, -0.05) is 13.8 Å². The Labute approximate surface area is 57.4 Å². The first-order valence-electron chi connectivity index (χ1n) is 3.39. The van der Waals surface area contributed by atoms with Crippen LogP contribution in [0.5, 0.6) is 0 Å². The van der Waals surface area contributed by atoms with Crippen LogP contribution in [0.3, 0.4) is 0 Å². The number of nitrogens with one attached hydrogen (secondary N) is 1. The molecule has 0 radical (unpaired) electrons. The Morgan fingerprint density at radius 3 is 2.11 bits per heavy atom. The Balaban J connectivity index is 3.73. The van der Waals surface area contributed by atoms with Crippen LogP contribution < -0.4 is 0 Å². The quantitative estimate of drug-likeness (QED) is 0.443. The van der Waals surface area contributed by atoms with E-state index in [9.17, 15) is 0 Å². The summed E-state index contributed by atoms with van der Waals surface area (Å²) in [5.41, 5.74) is 0. The van der Waals surface area contributed by atoms with E-state index in [0.717, 1.165) is 12.4 Å². The van der Waals surface area contributed by atoms with Crippen molar-refractivity contribution in [2.75, 3.05) is 13.6 Å². The monoisotopic (exact) mass is 128 g/mol. The lowest BCUT2D eigenvalue weighted by Gasteiger charge is -2.19. The smallest absolute Gasteiger partial charge is 0.0981 e. The Hall–Kier alpha value is -0.530. The first-order valence-corrected chi connectivity index (χ1v) is 3.39. The summed E-state index contributed by atoms with van der Waals surface area (Å²) < 4.78 is 0. The van der Waals surface area contributed by atoms with E-state index in [1.165, 1.54) is 0 Å². The number of hydrogen-bond donors (Lipinski definition) is 1. The van der Waals surface area contributed by atoms with Crippen molar-refractivity contribution in [3.63, 3.8) is 0 Å². The summed E-state index contributed by atoms with van der Waals surface area (Å²) in [6, 6.07) is 0. The van der Waals surface area contributed by atoms with Crippen LogP contribution in [-0.2, 0) is 0 Å². The molecule has 0 heterocycles. The molecule has 0 aromatic carbocycles. The van der Waals surface area contributed by atoms with Crippen LogP contribution in [0.25, 0.3) is 0 Å². The van der Waals surface area contributed by atoms with Gasteiger partial charge in [0.2, 0.25) is 0 Å². The van der Waals surface area contributed by atoms with E-state index in [4.69, 9.17) is 5.41 Å². The third kappa shape index (κ3) is 2.49. The van der Waals surface area contributed by atoms with E-state index < -0.39 is 0 Å². The highest BCUT2D eigenvalue weighted by molar-refractivity contribution is 5.80. The molecule has 0 saturated carbocycles. The summed E-state index contributed by atoms with van der Waals surface area (Å²) in [6.45, 7) is 7.05. The molecule has 2 heteroatoms. The molecule has 0 aliphatic heterocycles. The van der Waals surface area contributed by atoms with Gasteiger partial charge in [0, 0.05) is 19.5 Å². The van der Waals surface area contributed by atoms with Crippen LogP contribution in [0.4, 0.5) is 0 Å². The highest BCUT2D eigenvalue weighted by Crippen LogP contribution is 1.97. The van der Waals surface area contributed by atoms with Gasteiger partial charge < -0.3 is 4.90 Å². The van der Waals surface area contributed by atoms with Crippen LogP contribution in [0.2, 0.25) is 0 Å². The van der Waals surface area contributed by atoms with Crippen molar-refractivity contribution in [3.8, 4) is 0 Å². The first kappa shape index (κ1) is 8.47. The van der Waals surface area contributed by atoms with Crippen LogP contribution >= 0.6 is 0 Å². The molecule has 0 aliphatic rings. The summed E-state index contributed by atoms with van der Waals surface area (Å²) in [4.78, 5) is 1.95. The van der Waals surface area contributed by atoms with Gasteiger partial charge in [-0.3, -0.25) is 5.41 Å². The van der Waals surface area contributed by atoms with Gasteiger partial charge in [-0.25, -0.2) is 0 Å². The SMILES string of the molecule is CCN(C)C(=N)C(C)C. The normalized spacial score (nSPS) is 9.89. The molecule has 0 spiro atoms. The third-order valence-electron chi connectivity index (χ3n) is 1.43. The topological polar surface area (TPSA) is 27.1 Å². The zero-order valence-electron chi connectivity index (χ0n) is 6.73. The summed E-state index contributed by atoms with van der Waals surface area (Å²) in [7, 11) is 1.95. The number of nitrogens with zero attached hydrogens (tertiary/aromatic N) is 1. The zero-order chi connectivity index (χ0) is 7.44. The van der Waals surface area contributed by atoms with Gasteiger partial charge in [0.05, 0.1) is 5.84 Å². The zero-order valence-corrected chi connectivity index (χ0v) is 6.73. The van der Waals surface area contributed by atoms with Crippen molar-refractivity contribution < 1.29 is 0 Å². The summed E-state index contributed by atoms with van der Waals surface area (Å²) in [6.07, 6.45) is 0. The molecule has 0 aliphatic carbocycles. The van der Waals surface area contributed by atoms with Gasteiger partial charge >= 0.3 is 0 Å². The fourth-order valence-corrected chi connectivity index (χ4v) is 0.611. The van der Waals surface area contributed by atoms with Crippen LogP contribution in [0, 0.1) is 11.3 Å². The van der Waals surface area contributed by atoms with Crippen molar-refractivity contribution in [1.29, 1.82) is 5.41 Å².